The molecular formula is C48H30N4. The van der Waals surface area contributed by atoms with Crippen molar-refractivity contribution in [2.75, 3.05) is 0 Å². The lowest BCUT2D eigenvalue weighted by atomic mass is 10.0. The monoisotopic (exact) mass is 662 g/mol. The molecule has 0 bridgehead atoms. The Hall–Kier alpha value is -7.04. The molecule has 0 radical (unpaired) electrons. The Bertz CT molecular complexity index is 3160. The Balaban J connectivity index is 1.24. The fraction of sp³-hybridized carbons (Fsp3) is 0. The maximum atomic E-state index is 5.20. The molecular weight excluding hydrogens is 633 g/mol. The number of aromatic nitrogens is 4. The number of nitrogens with zero attached hydrogens (tertiary/aromatic N) is 4. The third kappa shape index (κ3) is 4.28. The zero-order valence-corrected chi connectivity index (χ0v) is 28.1. The molecule has 8 aromatic carbocycles. The fourth-order valence-electron chi connectivity index (χ4n) is 8.15. The van der Waals surface area contributed by atoms with Gasteiger partial charge in [0.1, 0.15) is 0 Å². The summed E-state index contributed by atoms with van der Waals surface area (Å²) in [6, 6.07) is 64.9. The smallest absolute Gasteiger partial charge is 0.160 e. The van der Waals surface area contributed by atoms with E-state index >= 15 is 0 Å². The van der Waals surface area contributed by atoms with E-state index in [9.17, 15) is 0 Å². The molecule has 11 rings (SSSR count). The predicted molar refractivity (Wildman–Crippen MR) is 217 cm³/mol. The average molecular weight is 663 g/mol. The van der Waals surface area contributed by atoms with Crippen LogP contribution in [0, 0.1) is 0 Å². The number of para-hydroxylation sites is 2. The first kappa shape index (κ1) is 28.8. The van der Waals surface area contributed by atoms with E-state index in [0.717, 1.165) is 56.0 Å². The molecule has 0 unspecified atom stereocenters. The van der Waals surface area contributed by atoms with E-state index in [1.807, 2.05) is 24.3 Å². The van der Waals surface area contributed by atoms with Crippen molar-refractivity contribution < 1.29 is 0 Å². The van der Waals surface area contributed by atoms with Gasteiger partial charge in [-0.05, 0) is 53.9 Å². The highest BCUT2D eigenvalue weighted by Gasteiger charge is 2.21. The van der Waals surface area contributed by atoms with E-state index < -0.39 is 0 Å². The van der Waals surface area contributed by atoms with Gasteiger partial charge in [0, 0.05) is 54.8 Å². The molecule has 4 heteroatoms. The van der Waals surface area contributed by atoms with Crippen molar-refractivity contribution in [3.8, 4) is 34.0 Å². The lowest BCUT2D eigenvalue weighted by Gasteiger charge is -2.13. The van der Waals surface area contributed by atoms with Crippen LogP contribution < -0.4 is 0 Å². The minimum absolute atomic E-state index is 0.722. The van der Waals surface area contributed by atoms with Crippen molar-refractivity contribution >= 4 is 65.3 Å². The fourth-order valence-corrected chi connectivity index (χ4v) is 8.15. The van der Waals surface area contributed by atoms with Crippen molar-refractivity contribution in [1.29, 1.82) is 0 Å². The number of hydrogen-bond acceptors (Lipinski definition) is 2. The van der Waals surface area contributed by atoms with Crippen LogP contribution in [0.2, 0.25) is 0 Å². The second-order valence-electron chi connectivity index (χ2n) is 13.4. The maximum absolute atomic E-state index is 5.20. The molecule has 0 N–H and O–H groups in total. The molecule has 4 nitrogen and oxygen atoms in total. The molecule has 11 aromatic rings. The van der Waals surface area contributed by atoms with Gasteiger partial charge in [-0.3, -0.25) is 0 Å². The first-order valence-corrected chi connectivity index (χ1v) is 17.7. The summed E-state index contributed by atoms with van der Waals surface area (Å²) in [5.41, 5.74) is 10.8. The molecule has 0 saturated carbocycles. The van der Waals surface area contributed by atoms with Gasteiger partial charge >= 0.3 is 0 Å². The van der Waals surface area contributed by atoms with Crippen LogP contribution in [0.25, 0.3) is 99.3 Å². The van der Waals surface area contributed by atoms with Gasteiger partial charge in [0.25, 0.3) is 0 Å². The number of rotatable bonds is 4. The van der Waals surface area contributed by atoms with Crippen LogP contribution in [0.4, 0.5) is 0 Å². The lowest BCUT2D eigenvalue weighted by molar-refractivity contribution is 1.17. The molecule has 0 amide bonds. The van der Waals surface area contributed by atoms with E-state index in [4.69, 9.17) is 9.97 Å². The van der Waals surface area contributed by atoms with E-state index in [1.165, 1.54) is 43.4 Å². The Morgan fingerprint density at radius 2 is 1.00 bits per heavy atom. The van der Waals surface area contributed by atoms with Crippen molar-refractivity contribution in [1.82, 2.24) is 19.1 Å². The van der Waals surface area contributed by atoms with Crippen LogP contribution in [0.3, 0.4) is 0 Å². The van der Waals surface area contributed by atoms with Crippen LogP contribution in [0.15, 0.2) is 182 Å². The minimum atomic E-state index is 0.722. The van der Waals surface area contributed by atoms with E-state index in [0.29, 0.717) is 0 Å². The molecule has 0 saturated heterocycles. The van der Waals surface area contributed by atoms with Gasteiger partial charge in [0.05, 0.1) is 33.3 Å². The van der Waals surface area contributed by atoms with Gasteiger partial charge in [-0.2, -0.15) is 0 Å². The summed E-state index contributed by atoms with van der Waals surface area (Å²) < 4.78 is 4.86. The molecule has 0 spiro atoms. The first-order valence-electron chi connectivity index (χ1n) is 17.7. The van der Waals surface area contributed by atoms with Gasteiger partial charge in [-0.15, -0.1) is 0 Å². The van der Waals surface area contributed by atoms with Gasteiger partial charge in [-0.1, -0.05) is 133 Å². The zero-order valence-electron chi connectivity index (χ0n) is 28.1. The van der Waals surface area contributed by atoms with Crippen LogP contribution in [0.1, 0.15) is 0 Å². The Morgan fingerprint density at radius 1 is 0.346 bits per heavy atom. The normalized spacial score (nSPS) is 11.8. The van der Waals surface area contributed by atoms with Gasteiger partial charge in [0.15, 0.2) is 5.82 Å². The third-order valence-corrected chi connectivity index (χ3v) is 10.5. The Morgan fingerprint density at radius 3 is 1.81 bits per heavy atom. The molecule has 0 aliphatic carbocycles. The quantitative estimate of drug-likeness (QED) is 0.188. The molecule has 52 heavy (non-hydrogen) atoms. The largest absolute Gasteiger partial charge is 0.309 e. The highest BCUT2D eigenvalue weighted by atomic mass is 15.0. The summed E-state index contributed by atoms with van der Waals surface area (Å²) >= 11 is 0. The Labute approximate surface area is 299 Å². The Kier molecular flexibility index (Phi) is 6.22. The number of hydrogen-bond donors (Lipinski definition) is 0. The molecule has 0 atom stereocenters. The molecule has 242 valence electrons. The van der Waals surface area contributed by atoms with Gasteiger partial charge < -0.3 is 9.13 Å². The zero-order chi connectivity index (χ0) is 34.2. The number of benzene rings is 8. The molecule has 0 aliphatic rings. The minimum Gasteiger partial charge on any atom is -0.309 e. The van der Waals surface area contributed by atoms with Crippen LogP contribution in [-0.2, 0) is 0 Å². The summed E-state index contributed by atoms with van der Waals surface area (Å²) in [5.74, 6) is 0.722. The van der Waals surface area contributed by atoms with Crippen molar-refractivity contribution in [2.24, 2.45) is 0 Å². The van der Waals surface area contributed by atoms with Gasteiger partial charge in [-0.25, -0.2) is 9.97 Å². The SMILES string of the molecule is c1ccc(-c2nc(-c3ccccc3)c3cc(-n4c5ccccc5c5cc6c7ccc8ccccc8c7n(-c7ccccc7)c6cc54)ccc3n2)cc1. The van der Waals surface area contributed by atoms with Crippen molar-refractivity contribution in [3.05, 3.63) is 182 Å². The maximum Gasteiger partial charge on any atom is 0.160 e. The van der Waals surface area contributed by atoms with Crippen LogP contribution >= 0.6 is 0 Å². The van der Waals surface area contributed by atoms with E-state index in [-0.39, 0.29) is 0 Å². The predicted octanol–water partition coefficient (Wildman–Crippen LogP) is 12.3. The van der Waals surface area contributed by atoms with E-state index in [1.54, 1.807) is 0 Å². The van der Waals surface area contributed by atoms with Crippen molar-refractivity contribution in [2.45, 2.75) is 0 Å². The first-order chi connectivity index (χ1) is 25.8. The summed E-state index contributed by atoms with van der Waals surface area (Å²) in [6.45, 7) is 0. The highest BCUT2D eigenvalue weighted by Crippen LogP contribution is 2.42. The standard InChI is InChI=1S/C48H30N4/c1-4-15-32(16-5-1)46-41-28-35(25-27-42(41)49-48(50-46)33-17-6-2-7-18-33)51-43-23-13-12-22-37(43)39-29-40-38-26-24-31-14-10-11-21-36(31)47(38)52(45(40)30-44(39)51)34-19-8-3-9-20-34/h1-30H. The van der Waals surface area contributed by atoms with Crippen molar-refractivity contribution in [3.63, 3.8) is 0 Å². The molecule has 0 fully saturated rings. The van der Waals surface area contributed by atoms with E-state index in [2.05, 4.69) is 167 Å². The average Bonchev–Trinajstić information content (AvgIpc) is 3.72. The second kappa shape index (κ2) is 11.2. The summed E-state index contributed by atoms with van der Waals surface area (Å²) in [5, 5.41) is 8.43. The van der Waals surface area contributed by atoms with Crippen LogP contribution in [0.5, 0.6) is 0 Å². The summed E-state index contributed by atoms with van der Waals surface area (Å²) in [6.07, 6.45) is 0. The molecule has 0 aliphatic heterocycles. The molecule has 3 aromatic heterocycles. The third-order valence-electron chi connectivity index (χ3n) is 10.5. The lowest BCUT2D eigenvalue weighted by Crippen LogP contribution is -1.99. The number of fused-ring (bicyclic) bond motifs is 9. The summed E-state index contributed by atoms with van der Waals surface area (Å²) in [4.78, 5) is 10.3. The van der Waals surface area contributed by atoms with Crippen LogP contribution in [-0.4, -0.2) is 19.1 Å². The van der Waals surface area contributed by atoms with Gasteiger partial charge in [0.2, 0.25) is 0 Å². The summed E-state index contributed by atoms with van der Waals surface area (Å²) in [7, 11) is 0. The topological polar surface area (TPSA) is 35.6 Å². The highest BCUT2D eigenvalue weighted by molar-refractivity contribution is 6.23. The second-order valence-corrected chi connectivity index (χ2v) is 13.4. The molecule has 3 heterocycles.